The predicted octanol–water partition coefficient (Wildman–Crippen LogP) is 7.79. The molecule has 0 spiro atoms. The molecular weight excluding hydrogens is 599 g/mol. The van der Waals surface area contributed by atoms with Crippen molar-refractivity contribution < 1.29 is 18.0 Å². The van der Waals surface area contributed by atoms with Crippen molar-refractivity contribution in [2.45, 2.75) is 45.2 Å². The fourth-order valence-electron chi connectivity index (χ4n) is 5.49. The lowest BCUT2D eigenvalue weighted by molar-refractivity contribution is -0.137. The minimum Gasteiger partial charge on any atom is -0.322 e. The molecule has 5 aromatic rings. The summed E-state index contributed by atoms with van der Waals surface area (Å²) in [6, 6.07) is 17.0. The van der Waals surface area contributed by atoms with Gasteiger partial charge in [0.2, 0.25) is 0 Å². The predicted molar refractivity (Wildman–Crippen MR) is 171 cm³/mol. The van der Waals surface area contributed by atoms with E-state index in [1.54, 1.807) is 18.2 Å². The van der Waals surface area contributed by atoms with Crippen LogP contribution in [0.5, 0.6) is 0 Å². The second-order valence-electron chi connectivity index (χ2n) is 11.2. The molecule has 1 aliphatic heterocycles. The molecule has 1 amide bonds. The Hall–Kier alpha value is -4.42. The summed E-state index contributed by atoms with van der Waals surface area (Å²) in [6.45, 7) is 4.08. The van der Waals surface area contributed by atoms with Crippen LogP contribution in [0, 0.1) is 12.8 Å². The molecule has 1 unspecified atom stereocenters. The number of benzene rings is 2. The quantitative estimate of drug-likeness (QED) is 0.161. The fraction of sp³-hybridized carbons (Fsp3) is 0.303. The van der Waals surface area contributed by atoms with Gasteiger partial charge in [-0.15, -0.1) is 0 Å². The van der Waals surface area contributed by atoms with E-state index >= 15 is 0 Å². The van der Waals surface area contributed by atoms with Crippen LogP contribution < -0.4 is 16.0 Å². The fourth-order valence-corrected chi connectivity index (χ4v) is 6.34. The van der Waals surface area contributed by atoms with Gasteiger partial charge in [-0.2, -0.15) is 13.2 Å². The van der Waals surface area contributed by atoms with Crippen LogP contribution in [0.15, 0.2) is 66.7 Å². The summed E-state index contributed by atoms with van der Waals surface area (Å²) in [6.07, 6.45) is 1.19. The van der Waals surface area contributed by atoms with Gasteiger partial charge in [0.25, 0.3) is 5.91 Å². The lowest BCUT2D eigenvalue weighted by atomic mass is 9.94. The standard InChI is InChI=1S/C33H32F3N7OS/c1-20-38-26(11-10-21-5-4-15-37-16-14-21)19-29(39-20)43-32-42-28-13-12-27(41-31(28)45-32)22-6-2-7-23(17-22)30(44)40-25-9-3-8-24(18-25)33(34,35)36/h2-3,6-9,12-13,17-19,21,37H,4-5,10-11,14-16H2,1H3,(H,40,44)(H,38,39,42,43). The van der Waals surface area contributed by atoms with Crippen molar-refractivity contribution in [3.63, 3.8) is 0 Å². The van der Waals surface area contributed by atoms with Crippen LogP contribution in [0.25, 0.3) is 21.6 Å². The molecule has 4 heterocycles. The summed E-state index contributed by atoms with van der Waals surface area (Å²) < 4.78 is 39.3. The maximum Gasteiger partial charge on any atom is 0.416 e. The topological polar surface area (TPSA) is 105 Å². The zero-order valence-electron chi connectivity index (χ0n) is 24.6. The molecule has 3 N–H and O–H groups in total. The number of hydrogen-bond acceptors (Lipinski definition) is 8. The number of anilines is 3. The van der Waals surface area contributed by atoms with Crippen molar-refractivity contribution in [1.82, 2.24) is 25.3 Å². The van der Waals surface area contributed by atoms with Crippen LogP contribution in [-0.2, 0) is 12.6 Å². The van der Waals surface area contributed by atoms with Crippen molar-refractivity contribution >= 4 is 44.2 Å². The van der Waals surface area contributed by atoms with Gasteiger partial charge in [-0.25, -0.2) is 19.9 Å². The Morgan fingerprint density at radius 3 is 2.71 bits per heavy atom. The summed E-state index contributed by atoms with van der Waals surface area (Å²) in [5.74, 6) is 1.59. The molecule has 0 aliphatic carbocycles. The van der Waals surface area contributed by atoms with Crippen molar-refractivity contribution in [1.29, 1.82) is 0 Å². The number of carbonyl (C=O) groups excluding carboxylic acids is 1. The van der Waals surface area contributed by atoms with Crippen LogP contribution in [-0.4, -0.2) is 38.9 Å². The Morgan fingerprint density at radius 2 is 1.84 bits per heavy atom. The van der Waals surface area contributed by atoms with Crippen LogP contribution in [0.2, 0.25) is 0 Å². The number of fused-ring (bicyclic) bond motifs is 1. The molecule has 0 radical (unpaired) electrons. The van der Waals surface area contributed by atoms with Gasteiger partial charge >= 0.3 is 6.18 Å². The van der Waals surface area contributed by atoms with Gasteiger partial charge in [0, 0.05) is 28.6 Å². The third kappa shape index (κ3) is 7.81. The van der Waals surface area contributed by atoms with Gasteiger partial charge in [0.15, 0.2) is 5.13 Å². The Morgan fingerprint density at radius 1 is 0.978 bits per heavy atom. The molecule has 1 saturated heterocycles. The maximum atomic E-state index is 13.1. The summed E-state index contributed by atoms with van der Waals surface area (Å²) in [5.41, 5.74) is 2.59. The van der Waals surface area contributed by atoms with Gasteiger partial charge in [0.1, 0.15) is 22.0 Å². The van der Waals surface area contributed by atoms with Gasteiger partial charge < -0.3 is 16.0 Å². The highest BCUT2D eigenvalue weighted by Gasteiger charge is 2.30. The van der Waals surface area contributed by atoms with Crippen molar-refractivity contribution in [3.05, 3.63) is 89.4 Å². The average Bonchev–Trinajstić information content (AvgIpc) is 3.22. The average molecular weight is 632 g/mol. The SMILES string of the molecule is Cc1nc(CCC2CCCNCC2)cc(Nc2nc3ccc(-c4cccc(C(=O)Nc5cccc(C(F)(F)F)c5)c4)nc3s2)n1. The number of nitrogens with zero attached hydrogens (tertiary/aromatic N) is 4. The number of nitrogens with one attached hydrogen (secondary N) is 3. The summed E-state index contributed by atoms with van der Waals surface area (Å²) >= 11 is 1.39. The number of hydrogen-bond donors (Lipinski definition) is 3. The first-order valence-electron chi connectivity index (χ1n) is 14.9. The second-order valence-corrected chi connectivity index (χ2v) is 12.1. The minimum atomic E-state index is -4.50. The van der Waals surface area contributed by atoms with E-state index in [1.165, 1.54) is 42.7 Å². The number of aryl methyl sites for hydroxylation is 2. The van der Waals surface area contributed by atoms with E-state index in [1.807, 2.05) is 31.2 Å². The first-order chi connectivity index (χ1) is 21.7. The Kier molecular flexibility index (Phi) is 9.04. The minimum absolute atomic E-state index is 0.0626. The highest BCUT2D eigenvalue weighted by molar-refractivity contribution is 7.21. The van der Waals surface area contributed by atoms with Gasteiger partial charge in [0.05, 0.1) is 11.3 Å². The highest BCUT2D eigenvalue weighted by Crippen LogP contribution is 2.32. The molecular formula is C33H32F3N7OS. The van der Waals surface area contributed by atoms with E-state index in [4.69, 9.17) is 4.98 Å². The molecule has 1 fully saturated rings. The normalized spacial score (nSPS) is 15.5. The number of rotatable bonds is 8. The number of amides is 1. The van der Waals surface area contributed by atoms with Gasteiger partial charge in [-0.3, -0.25) is 4.79 Å². The molecule has 1 aliphatic rings. The largest absolute Gasteiger partial charge is 0.416 e. The number of pyridine rings is 1. The number of halogens is 3. The summed E-state index contributed by atoms with van der Waals surface area (Å²) in [7, 11) is 0. The van der Waals surface area contributed by atoms with Crippen LogP contribution >= 0.6 is 11.3 Å². The second kappa shape index (κ2) is 13.3. The molecule has 8 nitrogen and oxygen atoms in total. The van der Waals surface area contributed by atoms with E-state index < -0.39 is 17.6 Å². The van der Waals surface area contributed by atoms with Crippen LogP contribution in [0.4, 0.5) is 29.8 Å². The van der Waals surface area contributed by atoms with Gasteiger partial charge in [-0.1, -0.05) is 29.5 Å². The molecule has 2 aromatic carbocycles. The number of aromatic nitrogens is 4. The van der Waals surface area contributed by atoms with Crippen LogP contribution in [0.3, 0.4) is 0 Å². The van der Waals surface area contributed by atoms with Crippen LogP contribution in [0.1, 0.15) is 53.1 Å². The Balaban J connectivity index is 1.15. The van der Waals surface area contributed by atoms with E-state index in [2.05, 4.69) is 30.9 Å². The van der Waals surface area contributed by atoms with Gasteiger partial charge in [-0.05, 0) is 100 Å². The van der Waals surface area contributed by atoms with E-state index in [-0.39, 0.29) is 5.69 Å². The maximum absolute atomic E-state index is 13.1. The zero-order chi connectivity index (χ0) is 31.4. The Labute approximate surface area is 262 Å². The molecule has 232 valence electrons. The lowest BCUT2D eigenvalue weighted by Crippen LogP contribution is -2.14. The van der Waals surface area contributed by atoms with Crippen molar-refractivity contribution in [3.8, 4) is 11.3 Å². The summed E-state index contributed by atoms with van der Waals surface area (Å²) in [4.78, 5) is 32.3. The molecule has 12 heteroatoms. The molecule has 6 rings (SSSR count). The van der Waals surface area contributed by atoms with E-state index in [9.17, 15) is 18.0 Å². The van der Waals surface area contributed by atoms with Crippen molar-refractivity contribution in [2.24, 2.45) is 5.92 Å². The summed E-state index contributed by atoms with van der Waals surface area (Å²) in [5, 5.41) is 10.0. The number of thiazole rings is 1. The molecule has 3 aromatic heterocycles. The smallest absolute Gasteiger partial charge is 0.322 e. The number of alkyl halides is 3. The van der Waals surface area contributed by atoms with E-state index in [0.29, 0.717) is 44.3 Å². The molecule has 45 heavy (non-hydrogen) atoms. The number of carbonyl (C=O) groups is 1. The highest BCUT2D eigenvalue weighted by atomic mass is 32.1. The third-order valence-corrected chi connectivity index (χ3v) is 8.63. The monoisotopic (exact) mass is 631 g/mol. The zero-order valence-corrected chi connectivity index (χ0v) is 25.4. The Bertz CT molecular complexity index is 1820. The van der Waals surface area contributed by atoms with E-state index in [0.717, 1.165) is 49.3 Å². The van der Waals surface area contributed by atoms with Crippen molar-refractivity contribution in [2.75, 3.05) is 23.7 Å². The first kappa shape index (κ1) is 30.6. The first-order valence-corrected chi connectivity index (χ1v) is 15.7. The lowest BCUT2D eigenvalue weighted by Gasteiger charge is -2.13. The molecule has 1 atom stereocenters. The third-order valence-electron chi connectivity index (χ3n) is 7.75. The molecule has 0 bridgehead atoms. The molecule has 0 saturated carbocycles.